The molecule has 1 heterocycles. The summed E-state index contributed by atoms with van der Waals surface area (Å²) in [6.45, 7) is 1.76. The molecule has 1 aliphatic rings. The zero-order chi connectivity index (χ0) is 18.2. The maximum atomic E-state index is 12.9. The molecule has 1 saturated heterocycles. The average molecular weight is 353 g/mol. The second-order valence-electron chi connectivity index (χ2n) is 6.21. The van der Waals surface area contributed by atoms with Crippen LogP contribution >= 0.6 is 0 Å². The highest BCUT2D eigenvalue weighted by atomic mass is 16.6. The van der Waals surface area contributed by atoms with Crippen LogP contribution in [0.4, 0.5) is 10.5 Å². The molecule has 2 amide bonds. The summed E-state index contributed by atoms with van der Waals surface area (Å²) in [4.78, 5) is 25.2. The molecule has 2 aromatic rings. The summed E-state index contributed by atoms with van der Waals surface area (Å²) >= 11 is 0. The molecule has 1 fully saturated rings. The minimum absolute atomic E-state index is 0.116. The van der Waals surface area contributed by atoms with Crippen molar-refractivity contribution in [1.29, 1.82) is 0 Å². The van der Waals surface area contributed by atoms with E-state index in [0.717, 1.165) is 31.5 Å². The Balaban J connectivity index is 1.67. The molecule has 0 bridgehead atoms. The van der Waals surface area contributed by atoms with Gasteiger partial charge in [0.05, 0.1) is 5.69 Å². The van der Waals surface area contributed by atoms with Gasteiger partial charge in [0.1, 0.15) is 6.61 Å². The van der Waals surface area contributed by atoms with Gasteiger partial charge >= 0.3 is 6.09 Å². The van der Waals surface area contributed by atoms with Gasteiger partial charge in [-0.1, -0.05) is 48.5 Å². The standard InChI is InChI=1S/C20H23N3O3/c24-19(17-11-13-21-14-12-17)23(18-9-5-2-6-10-18)22-20(25)26-15-16-7-3-1-4-8-16/h1-10,17,21H,11-15H2,(H,22,25). The van der Waals surface area contributed by atoms with Crippen molar-refractivity contribution in [1.82, 2.24) is 10.7 Å². The summed E-state index contributed by atoms with van der Waals surface area (Å²) in [7, 11) is 0. The number of hydrogen-bond acceptors (Lipinski definition) is 4. The molecule has 6 nitrogen and oxygen atoms in total. The SMILES string of the molecule is O=C(NN(C(=O)C1CCNCC1)c1ccccc1)OCc1ccccc1. The van der Waals surface area contributed by atoms with Crippen LogP contribution in [-0.2, 0) is 16.1 Å². The van der Waals surface area contributed by atoms with Crippen molar-refractivity contribution in [2.45, 2.75) is 19.4 Å². The van der Waals surface area contributed by atoms with E-state index >= 15 is 0 Å². The van der Waals surface area contributed by atoms with E-state index in [1.807, 2.05) is 48.5 Å². The molecule has 2 N–H and O–H groups in total. The lowest BCUT2D eigenvalue weighted by Gasteiger charge is -2.29. The Morgan fingerprint density at radius 3 is 2.27 bits per heavy atom. The van der Waals surface area contributed by atoms with Gasteiger partial charge < -0.3 is 10.1 Å². The molecule has 0 spiro atoms. The Bertz CT molecular complexity index is 716. The highest BCUT2D eigenvalue weighted by molar-refractivity contribution is 5.96. The predicted molar refractivity (Wildman–Crippen MR) is 99.3 cm³/mol. The Morgan fingerprint density at radius 1 is 1.00 bits per heavy atom. The number of carbonyl (C=O) groups is 2. The minimum atomic E-state index is -0.653. The van der Waals surface area contributed by atoms with E-state index in [9.17, 15) is 9.59 Å². The van der Waals surface area contributed by atoms with Crippen LogP contribution in [0.5, 0.6) is 0 Å². The van der Waals surface area contributed by atoms with Crippen molar-refractivity contribution in [2.24, 2.45) is 5.92 Å². The van der Waals surface area contributed by atoms with Crippen LogP contribution in [0.25, 0.3) is 0 Å². The fraction of sp³-hybridized carbons (Fsp3) is 0.300. The molecule has 0 radical (unpaired) electrons. The molecule has 0 unspecified atom stereocenters. The summed E-state index contributed by atoms with van der Waals surface area (Å²) in [6.07, 6.45) is 0.853. The third-order valence-electron chi connectivity index (χ3n) is 4.34. The van der Waals surface area contributed by atoms with Crippen molar-refractivity contribution in [3.05, 3.63) is 66.2 Å². The van der Waals surface area contributed by atoms with Crippen molar-refractivity contribution < 1.29 is 14.3 Å². The second kappa shape index (κ2) is 9.01. The first-order valence-corrected chi connectivity index (χ1v) is 8.81. The monoisotopic (exact) mass is 353 g/mol. The van der Waals surface area contributed by atoms with Crippen LogP contribution in [-0.4, -0.2) is 25.1 Å². The zero-order valence-corrected chi connectivity index (χ0v) is 14.6. The van der Waals surface area contributed by atoms with E-state index in [1.165, 1.54) is 5.01 Å². The third-order valence-corrected chi connectivity index (χ3v) is 4.34. The van der Waals surface area contributed by atoms with Crippen molar-refractivity contribution >= 4 is 17.7 Å². The number of nitrogens with zero attached hydrogens (tertiary/aromatic N) is 1. The number of amides is 2. The Kier molecular flexibility index (Phi) is 6.22. The zero-order valence-electron chi connectivity index (χ0n) is 14.6. The van der Waals surface area contributed by atoms with E-state index in [4.69, 9.17) is 4.74 Å². The first-order chi connectivity index (χ1) is 12.7. The van der Waals surface area contributed by atoms with Gasteiger partial charge in [-0.2, -0.15) is 0 Å². The van der Waals surface area contributed by atoms with Crippen LogP contribution in [0.3, 0.4) is 0 Å². The van der Waals surface area contributed by atoms with Crippen LogP contribution < -0.4 is 15.8 Å². The molecule has 26 heavy (non-hydrogen) atoms. The third kappa shape index (κ3) is 4.83. The number of ether oxygens (including phenoxy) is 1. The number of nitrogens with one attached hydrogen (secondary N) is 2. The number of carbonyl (C=O) groups excluding carboxylic acids is 2. The van der Waals surface area contributed by atoms with Crippen molar-refractivity contribution in [3.8, 4) is 0 Å². The molecule has 1 aliphatic heterocycles. The molecule has 0 aliphatic carbocycles. The number of hydrazine groups is 1. The summed E-state index contributed by atoms with van der Waals surface area (Å²) in [6, 6.07) is 18.5. The second-order valence-corrected chi connectivity index (χ2v) is 6.21. The Morgan fingerprint density at radius 2 is 1.62 bits per heavy atom. The first-order valence-electron chi connectivity index (χ1n) is 8.81. The van der Waals surface area contributed by atoms with Crippen LogP contribution in [0.2, 0.25) is 0 Å². The van der Waals surface area contributed by atoms with E-state index in [0.29, 0.717) is 5.69 Å². The van der Waals surface area contributed by atoms with Crippen LogP contribution in [0.15, 0.2) is 60.7 Å². The highest BCUT2D eigenvalue weighted by Gasteiger charge is 2.28. The maximum Gasteiger partial charge on any atom is 0.426 e. The van der Waals surface area contributed by atoms with Crippen LogP contribution in [0.1, 0.15) is 18.4 Å². The topological polar surface area (TPSA) is 70.7 Å². The highest BCUT2D eigenvalue weighted by Crippen LogP contribution is 2.19. The van der Waals surface area contributed by atoms with Crippen molar-refractivity contribution in [3.63, 3.8) is 0 Å². The van der Waals surface area contributed by atoms with Gasteiger partial charge in [0, 0.05) is 5.92 Å². The number of para-hydroxylation sites is 1. The fourth-order valence-corrected chi connectivity index (χ4v) is 2.92. The molecular formula is C20H23N3O3. The van der Waals surface area contributed by atoms with E-state index < -0.39 is 6.09 Å². The Labute approximate surface area is 153 Å². The predicted octanol–water partition coefficient (Wildman–Crippen LogP) is 2.86. The molecule has 3 rings (SSSR count). The summed E-state index contributed by atoms with van der Waals surface area (Å²) < 4.78 is 5.26. The van der Waals surface area contributed by atoms with Gasteiger partial charge in [0.15, 0.2) is 0 Å². The number of hydrogen-bond donors (Lipinski definition) is 2. The molecule has 0 atom stereocenters. The fourth-order valence-electron chi connectivity index (χ4n) is 2.92. The van der Waals surface area contributed by atoms with Gasteiger partial charge in [0.25, 0.3) is 0 Å². The summed E-state index contributed by atoms with van der Waals surface area (Å²) in [5.41, 5.74) is 4.11. The number of benzene rings is 2. The lowest BCUT2D eigenvalue weighted by atomic mass is 9.97. The maximum absolute atomic E-state index is 12.9. The normalized spacial score (nSPS) is 14.5. The Hall–Kier alpha value is -2.86. The number of rotatable bonds is 4. The van der Waals surface area contributed by atoms with Gasteiger partial charge in [0.2, 0.25) is 5.91 Å². The minimum Gasteiger partial charge on any atom is -0.443 e. The molecule has 0 saturated carbocycles. The molecule has 2 aromatic carbocycles. The molecule has 0 aromatic heterocycles. The number of piperidine rings is 1. The largest absolute Gasteiger partial charge is 0.443 e. The van der Waals surface area contributed by atoms with E-state index in [-0.39, 0.29) is 18.4 Å². The van der Waals surface area contributed by atoms with Gasteiger partial charge in [-0.15, -0.1) is 0 Å². The van der Waals surface area contributed by atoms with Crippen molar-refractivity contribution in [2.75, 3.05) is 18.1 Å². The number of anilines is 1. The lowest BCUT2D eigenvalue weighted by Crippen LogP contribution is -2.50. The van der Waals surface area contributed by atoms with Gasteiger partial charge in [-0.05, 0) is 43.6 Å². The van der Waals surface area contributed by atoms with Gasteiger partial charge in [-0.3, -0.25) is 4.79 Å². The quantitative estimate of drug-likeness (QED) is 0.829. The summed E-state index contributed by atoms with van der Waals surface area (Å²) in [5, 5.41) is 4.55. The summed E-state index contributed by atoms with van der Waals surface area (Å²) in [5.74, 6) is -0.236. The molecule has 6 heteroatoms. The van der Waals surface area contributed by atoms with Crippen LogP contribution in [0, 0.1) is 5.92 Å². The van der Waals surface area contributed by atoms with Gasteiger partial charge in [-0.25, -0.2) is 15.2 Å². The average Bonchev–Trinajstić information content (AvgIpc) is 2.72. The first kappa shape index (κ1) is 17.9. The van der Waals surface area contributed by atoms with E-state index in [1.54, 1.807) is 12.1 Å². The molecule has 136 valence electrons. The lowest BCUT2D eigenvalue weighted by molar-refractivity contribution is -0.123. The van der Waals surface area contributed by atoms with E-state index in [2.05, 4.69) is 10.7 Å². The smallest absolute Gasteiger partial charge is 0.426 e. The molecular weight excluding hydrogens is 330 g/mol.